The van der Waals surface area contributed by atoms with E-state index in [0.717, 1.165) is 38.5 Å². The van der Waals surface area contributed by atoms with Gasteiger partial charge in [-0.1, -0.05) is 37.3 Å². The summed E-state index contributed by atoms with van der Waals surface area (Å²) in [6.45, 7) is 2.45. The maximum atomic E-state index is 12.5. The van der Waals surface area contributed by atoms with Crippen LogP contribution in [-0.4, -0.2) is 23.2 Å². The minimum atomic E-state index is -0.606. The highest BCUT2D eigenvalue weighted by molar-refractivity contribution is 6.35. The van der Waals surface area contributed by atoms with E-state index in [-0.39, 0.29) is 11.7 Å². The number of carbonyl (C=O) groups excluding carboxylic acids is 1. The van der Waals surface area contributed by atoms with Gasteiger partial charge in [-0.2, -0.15) is 0 Å². The van der Waals surface area contributed by atoms with E-state index in [1.165, 1.54) is 0 Å². The molecule has 2 aliphatic rings. The van der Waals surface area contributed by atoms with Crippen molar-refractivity contribution in [3.63, 3.8) is 0 Å². The maximum absolute atomic E-state index is 12.5. The molecule has 4 nitrogen and oxygen atoms in total. The Bertz CT molecular complexity index is 646. The summed E-state index contributed by atoms with van der Waals surface area (Å²) in [6.07, 6.45) is 5.86. The van der Waals surface area contributed by atoms with E-state index in [4.69, 9.17) is 16.3 Å². The molecular weight excluding hydrogens is 314 g/mol. The van der Waals surface area contributed by atoms with Gasteiger partial charge < -0.3 is 15.2 Å². The van der Waals surface area contributed by atoms with Crippen LogP contribution in [0.25, 0.3) is 5.57 Å². The summed E-state index contributed by atoms with van der Waals surface area (Å²) < 4.78 is 5.42. The molecule has 1 saturated carbocycles. The molecule has 1 aliphatic heterocycles. The zero-order valence-corrected chi connectivity index (χ0v) is 14.1. The maximum Gasteiger partial charge on any atom is 0.256 e. The second-order valence-electron chi connectivity index (χ2n) is 6.25. The Kier molecular flexibility index (Phi) is 4.53. The zero-order valence-electron chi connectivity index (χ0n) is 13.3. The van der Waals surface area contributed by atoms with Crippen molar-refractivity contribution in [3.05, 3.63) is 34.5 Å². The first-order valence-electron chi connectivity index (χ1n) is 8.26. The Morgan fingerprint density at radius 2 is 1.96 bits per heavy atom. The molecule has 0 bridgehead atoms. The second-order valence-corrected chi connectivity index (χ2v) is 6.66. The van der Waals surface area contributed by atoms with Gasteiger partial charge in [0.25, 0.3) is 5.91 Å². The van der Waals surface area contributed by atoms with Gasteiger partial charge in [-0.15, -0.1) is 0 Å². The Labute approximate surface area is 141 Å². The average molecular weight is 336 g/mol. The number of hydrogen-bond acceptors (Lipinski definition) is 3. The van der Waals surface area contributed by atoms with Gasteiger partial charge in [0.15, 0.2) is 0 Å². The Balaban J connectivity index is 2.00. The molecule has 23 heavy (non-hydrogen) atoms. The van der Waals surface area contributed by atoms with E-state index in [1.807, 2.05) is 6.92 Å². The first-order valence-corrected chi connectivity index (χ1v) is 8.64. The summed E-state index contributed by atoms with van der Waals surface area (Å²) in [4.78, 5) is 12.5. The van der Waals surface area contributed by atoms with Crippen molar-refractivity contribution in [3.8, 4) is 5.75 Å². The normalized spacial score (nSPS) is 20.5. The number of halogens is 1. The van der Waals surface area contributed by atoms with Crippen LogP contribution < -0.4 is 10.1 Å². The summed E-state index contributed by atoms with van der Waals surface area (Å²) in [6, 6.07) is 5.20. The summed E-state index contributed by atoms with van der Waals surface area (Å²) in [5, 5.41) is 14.3. The van der Waals surface area contributed by atoms with Crippen LogP contribution in [0.4, 0.5) is 0 Å². The average Bonchev–Trinajstić information content (AvgIpc) is 2.69. The molecule has 1 aliphatic carbocycles. The molecule has 0 aromatic heterocycles. The van der Waals surface area contributed by atoms with E-state index in [2.05, 4.69) is 5.32 Å². The number of aliphatic hydroxyl groups excluding tert-OH is 1. The third-order valence-corrected chi connectivity index (χ3v) is 5.06. The van der Waals surface area contributed by atoms with Gasteiger partial charge in [0.1, 0.15) is 11.5 Å². The van der Waals surface area contributed by atoms with Crippen molar-refractivity contribution in [2.45, 2.75) is 51.0 Å². The van der Waals surface area contributed by atoms with E-state index in [9.17, 15) is 9.90 Å². The molecule has 5 heteroatoms. The standard InChI is InChI=1S/C18H22ClNO3/c1-2-23-12-7-8-13(14(19)11-12)15-16(21)18(20-17(15)22)9-5-3-4-6-10-18/h7-8,11,21H,2-6,9-10H2,1H3,(H,20,22). The predicted molar refractivity (Wildman–Crippen MR) is 90.7 cm³/mol. The molecular formula is C18H22ClNO3. The molecule has 2 N–H and O–H groups in total. The van der Waals surface area contributed by atoms with Crippen LogP contribution in [0.2, 0.25) is 5.02 Å². The van der Waals surface area contributed by atoms with E-state index in [0.29, 0.717) is 28.5 Å². The summed E-state index contributed by atoms with van der Waals surface area (Å²) >= 11 is 6.33. The minimum Gasteiger partial charge on any atom is -0.509 e. The lowest BCUT2D eigenvalue weighted by Gasteiger charge is -2.28. The van der Waals surface area contributed by atoms with Crippen LogP contribution in [0.1, 0.15) is 51.0 Å². The smallest absolute Gasteiger partial charge is 0.256 e. The molecule has 124 valence electrons. The number of hydrogen-bond donors (Lipinski definition) is 2. The monoisotopic (exact) mass is 335 g/mol. The van der Waals surface area contributed by atoms with Crippen LogP contribution in [-0.2, 0) is 4.79 Å². The Morgan fingerprint density at radius 3 is 2.57 bits per heavy atom. The van der Waals surface area contributed by atoms with Crippen LogP contribution in [0.3, 0.4) is 0 Å². The lowest BCUT2D eigenvalue weighted by atomic mass is 9.88. The van der Waals surface area contributed by atoms with Crippen molar-refractivity contribution >= 4 is 23.1 Å². The fraction of sp³-hybridized carbons (Fsp3) is 0.500. The van der Waals surface area contributed by atoms with Crippen LogP contribution >= 0.6 is 11.6 Å². The van der Waals surface area contributed by atoms with E-state index >= 15 is 0 Å². The summed E-state index contributed by atoms with van der Waals surface area (Å²) in [7, 11) is 0. The minimum absolute atomic E-state index is 0.149. The zero-order chi connectivity index (χ0) is 16.4. The first kappa shape index (κ1) is 16.2. The van der Waals surface area contributed by atoms with Crippen molar-refractivity contribution in [1.29, 1.82) is 0 Å². The lowest BCUT2D eigenvalue weighted by Crippen LogP contribution is -2.44. The molecule has 1 fully saturated rings. The van der Waals surface area contributed by atoms with Crippen molar-refractivity contribution in [1.82, 2.24) is 5.32 Å². The highest BCUT2D eigenvalue weighted by Crippen LogP contribution is 2.42. The first-order chi connectivity index (χ1) is 11.1. The highest BCUT2D eigenvalue weighted by Gasteiger charge is 2.46. The van der Waals surface area contributed by atoms with Crippen molar-refractivity contribution in [2.24, 2.45) is 0 Å². The van der Waals surface area contributed by atoms with Crippen LogP contribution in [0.15, 0.2) is 24.0 Å². The number of nitrogens with one attached hydrogen (secondary N) is 1. The number of benzene rings is 1. The predicted octanol–water partition coefficient (Wildman–Crippen LogP) is 4.23. The molecule has 1 heterocycles. The van der Waals surface area contributed by atoms with E-state index < -0.39 is 5.54 Å². The third kappa shape index (κ3) is 2.92. The molecule has 1 aromatic carbocycles. The fourth-order valence-corrected chi connectivity index (χ4v) is 3.85. The number of ether oxygens (including phenoxy) is 1. The van der Waals surface area contributed by atoms with Gasteiger partial charge in [0.05, 0.1) is 22.7 Å². The molecule has 0 atom stereocenters. The largest absolute Gasteiger partial charge is 0.509 e. The van der Waals surface area contributed by atoms with Gasteiger partial charge in [0.2, 0.25) is 0 Å². The molecule has 1 aromatic rings. The quantitative estimate of drug-likeness (QED) is 0.869. The van der Waals surface area contributed by atoms with Crippen molar-refractivity contribution in [2.75, 3.05) is 6.61 Å². The summed E-state index contributed by atoms with van der Waals surface area (Å²) in [5.41, 5.74) is 0.261. The Hall–Kier alpha value is -1.68. The highest BCUT2D eigenvalue weighted by atomic mass is 35.5. The van der Waals surface area contributed by atoms with Gasteiger partial charge in [0, 0.05) is 5.56 Å². The topological polar surface area (TPSA) is 58.6 Å². The number of amides is 1. The molecule has 1 amide bonds. The van der Waals surface area contributed by atoms with Crippen molar-refractivity contribution < 1.29 is 14.6 Å². The molecule has 0 saturated heterocycles. The van der Waals surface area contributed by atoms with Crippen LogP contribution in [0.5, 0.6) is 5.75 Å². The summed E-state index contributed by atoms with van der Waals surface area (Å²) in [5.74, 6) is 0.565. The molecule has 3 rings (SSSR count). The number of aliphatic hydroxyl groups is 1. The second kappa shape index (κ2) is 6.44. The number of rotatable bonds is 3. The van der Waals surface area contributed by atoms with Gasteiger partial charge in [-0.05, 0) is 38.0 Å². The lowest BCUT2D eigenvalue weighted by molar-refractivity contribution is -0.116. The Morgan fingerprint density at radius 1 is 1.26 bits per heavy atom. The van der Waals surface area contributed by atoms with E-state index in [1.54, 1.807) is 18.2 Å². The number of carbonyl (C=O) groups is 1. The van der Waals surface area contributed by atoms with Gasteiger partial charge in [-0.3, -0.25) is 4.79 Å². The fourth-order valence-electron chi connectivity index (χ4n) is 3.58. The third-order valence-electron chi connectivity index (χ3n) is 4.75. The molecule has 0 unspecified atom stereocenters. The van der Waals surface area contributed by atoms with Crippen LogP contribution in [0, 0.1) is 0 Å². The molecule has 0 radical (unpaired) electrons. The SMILES string of the molecule is CCOc1ccc(C2=C(O)C3(CCCCCC3)NC2=O)c(Cl)c1. The van der Waals surface area contributed by atoms with Gasteiger partial charge in [-0.25, -0.2) is 0 Å². The van der Waals surface area contributed by atoms with Gasteiger partial charge >= 0.3 is 0 Å². The molecule has 1 spiro atoms.